The summed E-state index contributed by atoms with van der Waals surface area (Å²) in [5, 5.41) is 0. The first-order chi connectivity index (χ1) is 9.79. The van der Waals surface area contributed by atoms with E-state index in [1.807, 2.05) is 36.4 Å². The molecule has 0 saturated carbocycles. The van der Waals surface area contributed by atoms with Gasteiger partial charge in [-0.3, -0.25) is 5.84 Å². The highest BCUT2D eigenvalue weighted by atomic mass is 16.6. The fourth-order valence-corrected chi connectivity index (χ4v) is 2.53. The fourth-order valence-electron chi connectivity index (χ4n) is 2.53. The lowest BCUT2D eigenvalue weighted by molar-refractivity contribution is 0.0615. The first-order valence-electron chi connectivity index (χ1n) is 6.69. The Labute approximate surface area is 118 Å². The Bertz CT molecular complexity index is 601. The number of nitrogens with two attached hydrogens (primary N) is 1. The predicted octanol–water partition coefficient (Wildman–Crippen LogP) is 2.34. The molecule has 1 heterocycles. The first-order valence-corrected chi connectivity index (χ1v) is 6.69. The Hall–Kier alpha value is -2.04. The van der Waals surface area contributed by atoms with Crippen molar-refractivity contribution in [3.8, 4) is 11.5 Å². The van der Waals surface area contributed by atoms with Crippen LogP contribution in [0.15, 0.2) is 48.5 Å². The van der Waals surface area contributed by atoms with E-state index in [0.717, 1.165) is 17.1 Å². The maximum atomic E-state index is 6.03. The molecule has 20 heavy (non-hydrogen) atoms. The highest BCUT2D eigenvalue weighted by Crippen LogP contribution is 2.34. The van der Waals surface area contributed by atoms with Crippen molar-refractivity contribution in [3.05, 3.63) is 59.7 Å². The van der Waals surface area contributed by atoms with Crippen LogP contribution in [0.1, 0.15) is 17.2 Å². The molecule has 0 amide bonds. The van der Waals surface area contributed by atoms with Gasteiger partial charge >= 0.3 is 0 Å². The van der Waals surface area contributed by atoms with Crippen LogP contribution in [0.25, 0.3) is 0 Å². The van der Waals surface area contributed by atoms with Crippen molar-refractivity contribution in [1.29, 1.82) is 0 Å². The molecular weight excluding hydrogens is 252 g/mol. The maximum Gasteiger partial charge on any atom is 0.161 e. The number of rotatable bonds is 3. The van der Waals surface area contributed by atoms with Gasteiger partial charge in [-0.1, -0.05) is 36.4 Å². The molecule has 104 valence electrons. The molecule has 0 fully saturated rings. The Kier molecular flexibility index (Phi) is 3.58. The van der Waals surface area contributed by atoms with Crippen molar-refractivity contribution < 1.29 is 9.47 Å². The van der Waals surface area contributed by atoms with Gasteiger partial charge in [0.15, 0.2) is 17.6 Å². The topological polar surface area (TPSA) is 56.5 Å². The van der Waals surface area contributed by atoms with Crippen LogP contribution in [-0.2, 0) is 0 Å². The third-order valence-corrected chi connectivity index (χ3v) is 3.61. The number of ether oxygens (including phenoxy) is 2. The molecule has 0 bridgehead atoms. The Morgan fingerprint density at radius 1 is 1.10 bits per heavy atom. The van der Waals surface area contributed by atoms with Gasteiger partial charge in [-0.15, -0.1) is 0 Å². The average molecular weight is 270 g/mol. The lowest BCUT2D eigenvalue weighted by Crippen LogP contribution is -2.44. The van der Waals surface area contributed by atoms with Crippen molar-refractivity contribution in [2.24, 2.45) is 5.84 Å². The standard InChI is InChI=1S/C16H18N2O2/c1-11-6-2-3-7-12(11)16(18-17)15-10-19-13-8-4-5-9-14(13)20-15/h2-9,15-16,18H,10,17H2,1H3. The van der Waals surface area contributed by atoms with Gasteiger partial charge < -0.3 is 9.47 Å². The SMILES string of the molecule is Cc1ccccc1C(NN)C1COc2ccccc2O1. The van der Waals surface area contributed by atoms with E-state index in [9.17, 15) is 0 Å². The van der Waals surface area contributed by atoms with Crippen LogP contribution in [0, 0.1) is 6.92 Å². The molecule has 2 aromatic rings. The van der Waals surface area contributed by atoms with Gasteiger partial charge in [-0.05, 0) is 30.2 Å². The van der Waals surface area contributed by atoms with Crippen molar-refractivity contribution >= 4 is 0 Å². The number of fused-ring (bicyclic) bond motifs is 1. The molecular formula is C16H18N2O2. The molecule has 4 nitrogen and oxygen atoms in total. The van der Waals surface area contributed by atoms with E-state index >= 15 is 0 Å². The summed E-state index contributed by atoms with van der Waals surface area (Å²) < 4.78 is 11.8. The molecule has 2 atom stereocenters. The summed E-state index contributed by atoms with van der Waals surface area (Å²) in [6.07, 6.45) is -0.156. The fraction of sp³-hybridized carbons (Fsp3) is 0.250. The third kappa shape index (κ3) is 2.35. The molecule has 2 unspecified atom stereocenters. The molecule has 3 N–H and O–H groups in total. The van der Waals surface area contributed by atoms with Crippen LogP contribution < -0.4 is 20.7 Å². The number of nitrogens with one attached hydrogen (secondary N) is 1. The molecule has 0 saturated heterocycles. The lowest BCUT2D eigenvalue weighted by Gasteiger charge is -2.32. The quantitative estimate of drug-likeness (QED) is 0.664. The molecule has 1 aliphatic heterocycles. The van der Waals surface area contributed by atoms with Crippen molar-refractivity contribution in [1.82, 2.24) is 5.43 Å². The van der Waals surface area contributed by atoms with Crippen LogP contribution in [-0.4, -0.2) is 12.7 Å². The van der Waals surface area contributed by atoms with E-state index in [4.69, 9.17) is 15.3 Å². The summed E-state index contributed by atoms with van der Waals surface area (Å²) in [4.78, 5) is 0. The zero-order valence-corrected chi connectivity index (χ0v) is 11.4. The molecule has 0 radical (unpaired) electrons. The predicted molar refractivity (Wildman–Crippen MR) is 77.6 cm³/mol. The van der Waals surface area contributed by atoms with Crippen molar-refractivity contribution in [2.75, 3.05) is 6.61 Å². The van der Waals surface area contributed by atoms with E-state index in [2.05, 4.69) is 24.5 Å². The molecule has 2 aromatic carbocycles. The molecule has 1 aliphatic rings. The largest absolute Gasteiger partial charge is 0.486 e. The summed E-state index contributed by atoms with van der Waals surface area (Å²) in [6, 6.07) is 15.7. The normalized spacial score (nSPS) is 18.6. The molecule has 0 aromatic heterocycles. The summed E-state index contributed by atoms with van der Waals surface area (Å²) in [5.74, 6) is 7.28. The zero-order chi connectivity index (χ0) is 13.9. The van der Waals surface area contributed by atoms with Gasteiger partial charge in [0.2, 0.25) is 0 Å². The smallest absolute Gasteiger partial charge is 0.161 e. The monoisotopic (exact) mass is 270 g/mol. The van der Waals surface area contributed by atoms with E-state index in [0.29, 0.717) is 6.61 Å². The second kappa shape index (κ2) is 5.53. The summed E-state index contributed by atoms with van der Waals surface area (Å²) in [5.41, 5.74) is 5.16. The first kappa shape index (κ1) is 13.0. The Balaban J connectivity index is 1.87. The van der Waals surface area contributed by atoms with Crippen LogP contribution in [0.4, 0.5) is 0 Å². The minimum atomic E-state index is -0.156. The van der Waals surface area contributed by atoms with Crippen LogP contribution in [0.3, 0.4) is 0 Å². The van der Waals surface area contributed by atoms with E-state index in [-0.39, 0.29) is 12.1 Å². The molecule has 3 rings (SSSR count). The zero-order valence-electron chi connectivity index (χ0n) is 11.4. The molecule has 0 aliphatic carbocycles. The number of benzene rings is 2. The van der Waals surface area contributed by atoms with Crippen molar-refractivity contribution in [3.63, 3.8) is 0 Å². The van der Waals surface area contributed by atoms with E-state index < -0.39 is 0 Å². The lowest BCUT2D eigenvalue weighted by atomic mass is 9.97. The summed E-state index contributed by atoms with van der Waals surface area (Å²) >= 11 is 0. The second-order valence-electron chi connectivity index (χ2n) is 4.91. The van der Waals surface area contributed by atoms with E-state index in [1.165, 1.54) is 5.56 Å². The van der Waals surface area contributed by atoms with Gasteiger partial charge in [-0.2, -0.15) is 0 Å². The minimum Gasteiger partial charge on any atom is -0.486 e. The molecule has 4 heteroatoms. The maximum absolute atomic E-state index is 6.03. The van der Waals surface area contributed by atoms with Crippen molar-refractivity contribution in [2.45, 2.75) is 19.1 Å². The third-order valence-electron chi connectivity index (χ3n) is 3.61. The van der Waals surface area contributed by atoms with E-state index in [1.54, 1.807) is 0 Å². The van der Waals surface area contributed by atoms with Gasteiger partial charge in [0.25, 0.3) is 0 Å². The Morgan fingerprint density at radius 2 is 1.80 bits per heavy atom. The average Bonchev–Trinajstić information content (AvgIpc) is 2.50. The number of para-hydroxylation sites is 2. The number of aryl methyl sites for hydroxylation is 1. The van der Waals surface area contributed by atoms with Crippen LogP contribution in [0.5, 0.6) is 11.5 Å². The summed E-state index contributed by atoms with van der Waals surface area (Å²) in [6.45, 7) is 2.54. The number of hydrogen-bond acceptors (Lipinski definition) is 4. The highest BCUT2D eigenvalue weighted by Gasteiger charge is 2.30. The van der Waals surface area contributed by atoms with Gasteiger partial charge in [0, 0.05) is 0 Å². The second-order valence-corrected chi connectivity index (χ2v) is 4.91. The molecule has 0 spiro atoms. The van der Waals surface area contributed by atoms with Gasteiger partial charge in [0.1, 0.15) is 6.61 Å². The highest BCUT2D eigenvalue weighted by molar-refractivity contribution is 5.41. The Morgan fingerprint density at radius 3 is 2.55 bits per heavy atom. The van der Waals surface area contributed by atoms with Gasteiger partial charge in [-0.25, -0.2) is 5.43 Å². The van der Waals surface area contributed by atoms with Crippen LogP contribution in [0.2, 0.25) is 0 Å². The van der Waals surface area contributed by atoms with Gasteiger partial charge in [0.05, 0.1) is 6.04 Å². The number of hydrazine groups is 1. The minimum absolute atomic E-state index is 0.107. The number of hydrogen-bond donors (Lipinski definition) is 2. The summed E-state index contributed by atoms with van der Waals surface area (Å²) in [7, 11) is 0. The van der Waals surface area contributed by atoms with Crippen LogP contribution >= 0.6 is 0 Å².